The molecule has 0 aromatic heterocycles. The summed E-state index contributed by atoms with van der Waals surface area (Å²) in [5.41, 5.74) is 1.49. The molecule has 2 aromatic rings. The highest BCUT2D eigenvalue weighted by Crippen LogP contribution is 2.30. The van der Waals surface area contributed by atoms with Crippen molar-refractivity contribution in [1.29, 1.82) is 0 Å². The van der Waals surface area contributed by atoms with Crippen LogP contribution in [0, 0.1) is 0 Å². The van der Waals surface area contributed by atoms with Gasteiger partial charge in [-0.1, -0.05) is 19.8 Å². The monoisotopic (exact) mass is 422 g/mol. The van der Waals surface area contributed by atoms with Gasteiger partial charge in [-0.05, 0) is 69.7 Å². The average molecular weight is 423 g/mol. The van der Waals surface area contributed by atoms with Crippen LogP contribution in [0.25, 0.3) is 0 Å². The lowest BCUT2D eigenvalue weighted by Crippen LogP contribution is -2.37. The number of nitrogens with zero attached hydrogens (tertiary/aromatic N) is 2. The number of unbranched alkanes of at least 4 members (excludes halogenated alkanes) is 2. The molecule has 0 saturated carbocycles. The molecule has 164 valence electrons. The van der Waals surface area contributed by atoms with Crippen molar-refractivity contribution in [2.24, 2.45) is 0 Å². The minimum absolute atomic E-state index is 0.0512. The molecule has 0 unspecified atom stereocenters. The van der Waals surface area contributed by atoms with Gasteiger partial charge in [0.1, 0.15) is 5.75 Å². The fourth-order valence-electron chi connectivity index (χ4n) is 3.76. The molecule has 0 N–H and O–H groups in total. The van der Waals surface area contributed by atoms with Gasteiger partial charge < -0.3 is 9.64 Å². The van der Waals surface area contributed by atoms with Crippen LogP contribution >= 0.6 is 0 Å². The molecule has 3 amide bonds. The van der Waals surface area contributed by atoms with Crippen LogP contribution in [0.4, 0.5) is 5.69 Å². The molecule has 6 nitrogen and oxygen atoms in total. The van der Waals surface area contributed by atoms with Crippen molar-refractivity contribution < 1.29 is 19.1 Å². The third-order valence-corrected chi connectivity index (χ3v) is 5.43. The maximum Gasteiger partial charge on any atom is 0.266 e. The van der Waals surface area contributed by atoms with E-state index in [9.17, 15) is 14.4 Å². The summed E-state index contributed by atoms with van der Waals surface area (Å²) in [5, 5.41) is 0. The largest absolute Gasteiger partial charge is 0.494 e. The lowest BCUT2D eigenvalue weighted by molar-refractivity contribution is 0.0702. The summed E-state index contributed by atoms with van der Waals surface area (Å²) in [6.45, 7) is 9.20. The first-order valence-electron chi connectivity index (χ1n) is 11.0. The van der Waals surface area contributed by atoms with Crippen molar-refractivity contribution in [2.45, 2.75) is 53.0 Å². The molecule has 1 aliphatic heterocycles. The predicted molar refractivity (Wildman–Crippen MR) is 121 cm³/mol. The number of amides is 3. The van der Waals surface area contributed by atoms with Crippen LogP contribution < -0.4 is 9.64 Å². The van der Waals surface area contributed by atoms with E-state index in [0.717, 1.165) is 24.2 Å². The second kappa shape index (κ2) is 9.77. The number of ether oxygens (including phenoxy) is 1. The molecule has 0 bridgehead atoms. The summed E-state index contributed by atoms with van der Waals surface area (Å²) < 4.78 is 5.43. The van der Waals surface area contributed by atoms with Crippen LogP contribution in [0.1, 0.15) is 78.0 Å². The molecule has 0 radical (unpaired) electrons. The summed E-state index contributed by atoms with van der Waals surface area (Å²) >= 11 is 0. The Balaban J connectivity index is 1.85. The SMILES string of the molecule is CCCCCN(C(=O)c1ccc2c(c1)C(=O)N(c1ccc(OCC)cc1)C2=O)C(C)C. The van der Waals surface area contributed by atoms with E-state index in [1.54, 1.807) is 42.5 Å². The van der Waals surface area contributed by atoms with Gasteiger partial charge in [-0.3, -0.25) is 14.4 Å². The number of carbonyl (C=O) groups is 3. The number of hydrogen-bond donors (Lipinski definition) is 0. The Morgan fingerprint density at radius 3 is 2.26 bits per heavy atom. The van der Waals surface area contributed by atoms with Crippen molar-refractivity contribution in [2.75, 3.05) is 18.1 Å². The number of rotatable bonds is 9. The summed E-state index contributed by atoms with van der Waals surface area (Å²) in [6.07, 6.45) is 3.08. The number of carbonyl (C=O) groups excluding carboxylic acids is 3. The van der Waals surface area contributed by atoms with Crippen molar-refractivity contribution in [3.05, 3.63) is 59.2 Å². The Bertz CT molecular complexity index is 966. The molecule has 0 fully saturated rings. The van der Waals surface area contributed by atoms with Gasteiger partial charge in [0.15, 0.2) is 0 Å². The van der Waals surface area contributed by atoms with E-state index in [2.05, 4.69) is 6.92 Å². The van der Waals surface area contributed by atoms with Gasteiger partial charge in [-0.25, -0.2) is 4.90 Å². The summed E-state index contributed by atoms with van der Waals surface area (Å²) in [4.78, 5) is 42.0. The van der Waals surface area contributed by atoms with E-state index in [-0.39, 0.29) is 23.4 Å². The van der Waals surface area contributed by atoms with Gasteiger partial charge in [0, 0.05) is 18.2 Å². The second-order valence-electron chi connectivity index (χ2n) is 7.93. The van der Waals surface area contributed by atoms with Crippen molar-refractivity contribution in [1.82, 2.24) is 4.90 Å². The zero-order valence-electron chi connectivity index (χ0n) is 18.7. The first-order valence-corrected chi connectivity index (χ1v) is 11.0. The van der Waals surface area contributed by atoms with Crippen molar-refractivity contribution in [3.63, 3.8) is 0 Å². The van der Waals surface area contributed by atoms with Gasteiger partial charge in [-0.2, -0.15) is 0 Å². The Hall–Kier alpha value is -3.15. The molecule has 31 heavy (non-hydrogen) atoms. The highest BCUT2D eigenvalue weighted by atomic mass is 16.5. The molecule has 0 spiro atoms. The Labute approximate surface area is 183 Å². The van der Waals surface area contributed by atoms with E-state index in [1.807, 2.05) is 25.7 Å². The fourth-order valence-corrected chi connectivity index (χ4v) is 3.76. The van der Waals surface area contributed by atoms with E-state index < -0.39 is 5.91 Å². The average Bonchev–Trinajstić information content (AvgIpc) is 3.01. The molecule has 6 heteroatoms. The van der Waals surface area contributed by atoms with Crippen molar-refractivity contribution >= 4 is 23.4 Å². The molecular formula is C25H30N2O4. The summed E-state index contributed by atoms with van der Waals surface area (Å²) in [6, 6.07) is 11.7. The first-order chi connectivity index (χ1) is 14.9. The quantitative estimate of drug-likeness (QED) is 0.425. The molecule has 3 rings (SSSR count). The maximum atomic E-state index is 13.1. The fraction of sp³-hybridized carbons (Fsp3) is 0.400. The third kappa shape index (κ3) is 4.63. The lowest BCUT2D eigenvalue weighted by Gasteiger charge is -2.27. The lowest BCUT2D eigenvalue weighted by atomic mass is 10.0. The van der Waals surface area contributed by atoms with Crippen LogP contribution in [0.5, 0.6) is 5.75 Å². The topological polar surface area (TPSA) is 66.9 Å². The zero-order valence-corrected chi connectivity index (χ0v) is 18.7. The van der Waals surface area contributed by atoms with E-state index in [1.165, 1.54) is 0 Å². The van der Waals surface area contributed by atoms with Crippen LogP contribution in [0.2, 0.25) is 0 Å². The number of anilines is 1. The maximum absolute atomic E-state index is 13.1. The number of fused-ring (bicyclic) bond motifs is 1. The summed E-state index contributed by atoms with van der Waals surface area (Å²) in [5.74, 6) is -0.242. The van der Waals surface area contributed by atoms with Gasteiger partial charge >= 0.3 is 0 Å². The number of hydrogen-bond acceptors (Lipinski definition) is 4. The molecule has 0 saturated heterocycles. The highest BCUT2D eigenvalue weighted by Gasteiger charge is 2.37. The number of benzene rings is 2. The normalized spacial score (nSPS) is 13.0. The standard InChI is InChI=1S/C25H30N2O4/c1-5-7-8-15-26(17(3)4)23(28)18-9-14-21-22(16-18)25(30)27(24(21)29)19-10-12-20(13-11-19)31-6-2/h9-14,16-17H,5-8,15H2,1-4H3. The minimum Gasteiger partial charge on any atom is -0.494 e. The second-order valence-corrected chi connectivity index (χ2v) is 7.93. The van der Waals surface area contributed by atoms with Crippen molar-refractivity contribution in [3.8, 4) is 5.75 Å². The molecule has 1 heterocycles. The Morgan fingerprint density at radius 2 is 1.65 bits per heavy atom. The molecule has 0 aliphatic carbocycles. The number of imide groups is 1. The third-order valence-electron chi connectivity index (χ3n) is 5.43. The highest BCUT2D eigenvalue weighted by molar-refractivity contribution is 6.34. The molecule has 2 aromatic carbocycles. The minimum atomic E-state index is -0.416. The van der Waals surface area contributed by atoms with E-state index in [0.29, 0.717) is 35.7 Å². The van der Waals surface area contributed by atoms with E-state index in [4.69, 9.17) is 4.74 Å². The molecular weight excluding hydrogens is 392 g/mol. The zero-order chi connectivity index (χ0) is 22.5. The Morgan fingerprint density at radius 1 is 0.968 bits per heavy atom. The van der Waals surface area contributed by atoms with Gasteiger partial charge in [0.2, 0.25) is 0 Å². The molecule has 0 atom stereocenters. The summed E-state index contributed by atoms with van der Waals surface area (Å²) in [7, 11) is 0. The predicted octanol–water partition coefficient (Wildman–Crippen LogP) is 4.93. The van der Waals surface area contributed by atoms with Crippen LogP contribution in [-0.4, -0.2) is 41.8 Å². The Kier molecular flexibility index (Phi) is 7.10. The van der Waals surface area contributed by atoms with Gasteiger partial charge in [0.05, 0.1) is 23.4 Å². The van der Waals surface area contributed by atoms with Crippen LogP contribution in [-0.2, 0) is 0 Å². The smallest absolute Gasteiger partial charge is 0.266 e. The van der Waals surface area contributed by atoms with Gasteiger partial charge in [0.25, 0.3) is 17.7 Å². The van der Waals surface area contributed by atoms with Crippen LogP contribution in [0.3, 0.4) is 0 Å². The first kappa shape index (κ1) is 22.5. The van der Waals surface area contributed by atoms with Crippen LogP contribution in [0.15, 0.2) is 42.5 Å². The van der Waals surface area contributed by atoms with E-state index >= 15 is 0 Å². The molecule has 1 aliphatic rings. The van der Waals surface area contributed by atoms with Gasteiger partial charge in [-0.15, -0.1) is 0 Å².